The summed E-state index contributed by atoms with van der Waals surface area (Å²) in [5.41, 5.74) is 2.33. The van der Waals surface area contributed by atoms with Crippen LogP contribution in [-0.4, -0.2) is 18.6 Å². The lowest BCUT2D eigenvalue weighted by atomic mass is 10.2. The fourth-order valence-electron chi connectivity index (χ4n) is 1.78. The van der Waals surface area contributed by atoms with E-state index in [1.54, 1.807) is 18.3 Å². The smallest absolute Gasteiger partial charge is 0.248 e. The average Bonchev–Trinajstić information content (AvgIpc) is 2.99. The Morgan fingerprint density at radius 3 is 2.75 bits per heavy atom. The fraction of sp³-hybridized carbons (Fsp3) is 0.312. The summed E-state index contributed by atoms with van der Waals surface area (Å²) in [6.07, 6.45) is 0.429. The number of ether oxygens (including phenoxy) is 1. The van der Waals surface area contributed by atoms with Crippen LogP contribution in [0.2, 0.25) is 0 Å². The van der Waals surface area contributed by atoms with E-state index in [9.17, 15) is 4.79 Å². The Kier molecular flexibility index (Phi) is 5.77. The molecule has 1 atom stereocenters. The second-order valence-corrected chi connectivity index (χ2v) is 5.39. The normalized spacial score (nSPS) is 12.1. The van der Waals surface area contributed by atoms with E-state index < -0.39 is 6.10 Å². The molecular formula is C16H19NO2S. The predicted molar refractivity (Wildman–Crippen MR) is 81.7 cm³/mol. The van der Waals surface area contributed by atoms with Gasteiger partial charge in [0, 0.05) is 6.54 Å². The maximum Gasteiger partial charge on any atom is 0.248 e. The zero-order valence-corrected chi connectivity index (χ0v) is 12.4. The highest BCUT2D eigenvalue weighted by Gasteiger charge is 2.12. The largest absolute Gasteiger partial charge is 0.364 e. The first-order valence-electron chi connectivity index (χ1n) is 6.70. The molecule has 0 aliphatic heterocycles. The third-order valence-electron chi connectivity index (χ3n) is 3.01. The van der Waals surface area contributed by atoms with Crippen molar-refractivity contribution in [3.63, 3.8) is 0 Å². The van der Waals surface area contributed by atoms with E-state index in [0.717, 1.165) is 12.0 Å². The van der Waals surface area contributed by atoms with Gasteiger partial charge in [0.1, 0.15) is 6.10 Å². The first kappa shape index (κ1) is 14.8. The molecule has 2 rings (SSSR count). The van der Waals surface area contributed by atoms with Gasteiger partial charge in [-0.15, -0.1) is 0 Å². The number of amides is 1. The van der Waals surface area contributed by atoms with Gasteiger partial charge in [-0.1, -0.05) is 30.3 Å². The zero-order valence-electron chi connectivity index (χ0n) is 11.5. The standard InChI is InChI=1S/C16H19NO2S/c1-13(19-11-14-5-3-2-4-6-14)16(18)17-9-7-15-8-10-20-12-15/h2-6,8,10,12-13H,7,9,11H2,1H3,(H,17,18)/t13-/m1/s1. The molecule has 0 spiro atoms. The number of rotatable bonds is 7. The molecule has 0 saturated carbocycles. The summed E-state index contributed by atoms with van der Waals surface area (Å²) in [5, 5.41) is 7.04. The zero-order chi connectivity index (χ0) is 14.2. The van der Waals surface area contributed by atoms with E-state index in [4.69, 9.17) is 4.74 Å². The number of carbonyl (C=O) groups excluding carboxylic acids is 1. The summed E-state index contributed by atoms with van der Waals surface area (Å²) in [5.74, 6) is -0.0591. The maximum absolute atomic E-state index is 11.9. The highest BCUT2D eigenvalue weighted by Crippen LogP contribution is 2.06. The molecule has 1 aromatic carbocycles. The molecule has 0 aliphatic carbocycles. The van der Waals surface area contributed by atoms with Crippen LogP contribution in [0.4, 0.5) is 0 Å². The van der Waals surface area contributed by atoms with Crippen LogP contribution in [0, 0.1) is 0 Å². The lowest BCUT2D eigenvalue weighted by Gasteiger charge is -2.13. The molecule has 0 bridgehead atoms. The van der Waals surface area contributed by atoms with Crippen LogP contribution in [0.25, 0.3) is 0 Å². The molecule has 2 aromatic rings. The molecule has 3 nitrogen and oxygen atoms in total. The van der Waals surface area contributed by atoms with E-state index in [1.165, 1.54) is 5.56 Å². The van der Waals surface area contributed by atoms with Crippen LogP contribution in [0.1, 0.15) is 18.1 Å². The summed E-state index contributed by atoms with van der Waals surface area (Å²) < 4.78 is 5.57. The Labute approximate surface area is 123 Å². The summed E-state index contributed by atoms with van der Waals surface area (Å²) in [6, 6.07) is 11.9. The van der Waals surface area contributed by atoms with Gasteiger partial charge < -0.3 is 10.1 Å². The van der Waals surface area contributed by atoms with Gasteiger partial charge >= 0.3 is 0 Å². The Morgan fingerprint density at radius 1 is 1.25 bits per heavy atom. The van der Waals surface area contributed by atoms with Crippen molar-refractivity contribution in [2.45, 2.75) is 26.1 Å². The van der Waals surface area contributed by atoms with Crippen LogP contribution in [0.15, 0.2) is 47.2 Å². The Hall–Kier alpha value is -1.65. The topological polar surface area (TPSA) is 38.3 Å². The quantitative estimate of drug-likeness (QED) is 0.851. The van der Waals surface area contributed by atoms with Crippen LogP contribution >= 0.6 is 11.3 Å². The number of carbonyl (C=O) groups is 1. The van der Waals surface area contributed by atoms with Crippen molar-refractivity contribution in [3.8, 4) is 0 Å². The third-order valence-corrected chi connectivity index (χ3v) is 3.74. The van der Waals surface area contributed by atoms with Crippen LogP contribution < -0.4 is 5.32 Å². The maximum atomic E-state index is 11.9. The molecule has 0 aliphatic rings. The van der Waals surface area contributed by atoms with Crippen molar-refractivity contribution >= 4 is 17.2 Å². The Morgan fingerprint density at radius 2 is 2.05 bits per heavy atom. The highest BCUT2D eigenvalue weighted by molar-refractivity contribution is 7.07. The van der Waals surface area contributed by atoms with Gasteiger partial charge in [-0.3, -0.25) is 4.79 Å². The molecule has 20 heavy (non-hydrogen) atoms. The van der Waals surface area contributed by atoms with Crippen molar-refractivity contribution in [1.82, 2.24) is 5.32 Å². The summed E-state index contributed by atoms with van der Waals surface area (Å²) in [4.78, 5) is 11.9. The second kappa shape index (κ2) is 7.82. The first-order valence-corrected chi connectivity index (χ1v) is 7.64. The van der Waals surface area contributed by atoms with Gasteiger partial charge in [0.2, 0.25) is 5.91 Å². The first-order chi connectivity index (χ1) is 9.75. The second-order valence-electron chi connectivity index (χ2n) is 4.61. The minimum absolute atomic E-state index is 0.0591. The van der Waals surface area contributed by atoms with Gasteiger partial charge in [0.05, 0.1) is 6.61 Å². The monoisotopic (exact) mass is 289 g/mol. The molecule has 0 fully saturated rings. The number of nitrogens with one attached hydrogen (secondary N) is 1. The van der Waals surface area contributed by atoms with E-state index in [2.05, 4.69) is 16.8 Å². The minimum Gasteiger partial charge on any atom is -0.364 e. The number of benzene rings is 1. The predicted octanol–water partition coefficient (Wildman–Crippen LogP) is 3.01. The molecule has 1 aromatic heterocycles. The minimum atomic E-state index is -0.433. The molecule has 1 heterocycles. The summed E-state index contributed by atoms with van der Waals surface area (Å²) in [7, 11) is 0. The van der Waals surface area contributed by atoms with Crippen LogP contribution in [0.5, 0.6) is 0 Å². The van der Waals surface area contributed by atoms with Gasteiger partial charge in [-0.25, -0.2) is 0 Å². The van der Waals surface area contributed by atoms with Crippen molar-refractivity contribution < 1.29 is 9.53 Å². The van der Waals surface area contributed by atoms with E-state index in [-0.39, 0.29) is 5.91 Å². The molecule has 0 saturated heterocycles. The number of hydrogen-bond acceptors (Lipinski definition) is 3. The highest BCUT2D eigenvalue weighted by atomic mass is 32.1. The van der Waals surface area contributed by atoms with E-state index in [1.807, 2.05) is 35.7 Å². The molecule has 0 radical (unpaired) electrons. The number of hydrogen-bond donors (Lipinski definition) is 1. The van der Waals surface area contributed by atoms with Crippen molar-refractivity contribution in [2.75, 3.05) is 6.54 Å². The van der Waals surface area contributed by atoms with Crippen LogP contribution in [-0.2, 0) is 22.6 Å². The lowest BCUT2D eigenvalue weighted by molar-refractivity contribution is -0.132. The van der Waals surface area contributed by atoms with E-state index >= 15 is 0 Å². The fourth-order valence-corrected chi connectivity index (χ4v) is 2.48. The molecule has 106 valence electrons. The van der Waals surface area contributed by atoms with Crippen LogP contribution in [0.3, 0.4) is 0 Å². The van der Waals surface area contributed by atoms with Gasteiger partial charge in [0.25, 0.3) is 0 Å². The molecule has 0 unspecified atom stereocenters. The SMILES string of the molecule is C[C@@H](OCc1ccccc1)C(=O)NCCc1ccsc1. The lowest BCUT2D eigenvalue weighted by Crippen LogP contribution is -2.35. The Balaban J connectivity index is 1.66. The summed E-state index contributed by atoms with van der Waals surface area (Å²) >= 11 is 1.67. The van der Waals surface area contributed by atoms with Crippen molar-refractivity contribution in [1.29, 1.82) is 0 Å². The molecule has 1 N–H and O–H groups in total. The third kappa shape index (κ3) is 4.79. The number of thiophene rings is 1. The van der Waals surface area contributed by atoms with Crippen molar-refractivity contribution in [2.24, 2.45) is 0 Å². The molecule has 1 amide bonds. The van der Waals surface area contributed by atoms with Gasteiger partial charge in [0.15, 0.2) is 0 Å². The molecular weight excluding hydrogens is 270 g/mol. The van der Waals surface area contributed by atoms with Gasteiger partial charge in [-0.05, 0) is 41.3 Å². The van der Waals surface area contributed by atoms with Crippen molar-refractivity contribution in [3.05, 3.63) is 58.3 Å². The average molecular weight is 289 g/mol. The Bertz CT molecular complexity index is 511. The molecule has 4 heteroatoms. The summed E-state index contributed by atoms with van der Waals surface area (Å²) in [6.45, 7) is 2.89. The van der Waals surface area contributed by atoms with E-state index in [0.29, 0.717) is 13.2 Å². The van der Waals surface area contributed by atoms with Gasteiger partial charge in [-0.2, -0.15) is 11.3 Å².